The van der Waals surface area contributed by atoms with Crippen LogP contribution >= 0.6 is 0 Å². The molecule has 82 valence electrons. The highest BCUT2D eigenvalue weighted by molar-refractivity contribution is 5.67. The second-order valence-electron chi connectivity index (χ2n) is 3.34. The summed E-state index contributed by atoms with van der Waals surface area (Å²) in [5.74, 6) is -1.15. The van der Waals surface area contributed by atoms with Crippen molar-refractivity contribution in [3.63, 3.8) is 0 Å². The van der Waals surface area contributed by atoms with E-state index in [-0.39, 0.29) is 0 Å². The van der Waals surface area contributed by atoms with Gasteiger partial charge < -0.3 is 15.3 Å². The second-order valence-corrected chi connectivity index (χ2v) is 3.34. The number of aliphatic carboxylic acids is 1. The summed E-state index contributed by atoms with van der Waals surface area (Å²) in [5.41, 5.74) is 1.17. The van der Waals surface area contributed by atoms with E-state index in [1.165, 1.54) is 6.20 Å². The zero-order valence-corrected chi connectivity index (χ0v) is 8.29. The van der Waals surface area contributed by atoms with Gasteiger partial charge in [-0.15, -0.1) is 0 Å². The monoisotopic (exact) mass is 211 g/mol. The van der Waals surface area contributed by atoms with Crippen molar-refractivity contribution in [2.75, 3.05) is 0 Å². The molecule has 1 rings (SSSR count). The number of hydrogen-bond acceptors (Lipinski definition) is 4. The lowest BCUT2D eigenvalue weighted by Crippen LogP contribution is -2.21. The van der Waals surface area contributed by atoms with Gasteiger partial charge in [0.1, 0.15) is 6.10 Å². The van der Waals surface area contributed by atoms with E-state index >= 15 is 0 Å². The largest absolute Gasteiger partial charge is 0.481 e. The van der Waals surface area contributed by atoms with Gasteiger partial charge in [-0.25, -0.2) is 0 Å². The Bertz CT molecular complexity index is 353. The van der Waals surface area contributed by atoms with Crippen molar-refractivity contribution in [1.29, 1.82) is 0 Å². The predicted molar refractivity (Wildman–Crippen MR) is 52.2 cm³/mol. The van der Waals surface area contributed by atoms with Gasteiger partial charge >= 0.3 is 5.97 Å². The summed E-state index contributed by atoms with van der Waals surface area (Å²) in [7, 11) is 0. The minimum absolute atomic E-state index is 0.469. The van der Waals surface area contributed by atoms with Crippen LogP contribution in [0.25, 0.3) is 0 Å². The molecule has 0 saturated heterocycles. The minimum atomic E-state index is -1.30. The van der Waals surface area contributed by atoms with Gasteiger partial charge in [-0.3, -0.25) is 9.78 Å². The molecule has 1 aromatic heterocycles. The van der Waals surface area contributed by atoms with E-state index in [0.717, 1.165) is 0 Å². The van der Waals surface area contributed by atoms with Crippen molar-refractivity contribution in [3.8, 4) is 0 Å². The smallest absolute Gasteiger partial charge is 0.306 e. The molecule has 0 saturated carbocycles. The van der Waals surface area contributed by atoms with Gasteiger partial charge in [0.25, 0.3) is 0 Å². The molecule has 0 aliphatic rings. The molecule has 0 aliphatic carbocycles. The molecule has 0 bridgehead atoms. The standard InChI is InChI=1S/C10H13NO4/c1-6-4-7(2-3-11-6)10(15)8(12)5-9(13)14/h2-4,8,10,12,15H,5H2,1H3,(H,13,14). The molecular weight excluding hydrogens is 198 g/mol. The van der Waals surface area contributed by atoms with Gasteiger partial charge in [0.15, 0.2) is 0 Å². The molecule has 5 nitrogen and oxygen atoms in total. The average molecular weight is 211 g/mol. The van der Waals surface area contributed by atoms with Gasteiger partial charge in [0, 0.05) is 11.9 Å². The van der Waals surface area contributed by atoms with Crippen molar-refractivity contribution in [3.05, 3.63) is 29.6 Å². The molecule has 0 spiro atoms. The lowest BCUT2D eigenvalue weighted by atomic mass is 10.0. The number of carbonyl (C=O) groups is 1. The van der Waals surface area contributed by atoms with Crippen molar-refractivity contribution < 1.29 is 20.1 Å². The van der Waals surface area contributed by atoms with Crippen LogP contribution in [0.5, 0.6) is 0 Å². The molecule has 0 fully saturated rings. The normalized spacial score (nSPS) is 14.6. The van der Waals surface area contributed by atoms with E-state index in [1.54, 1.807) is 19.1 Å². The van der Waals surface area contributed by atoms with E-state index in [4.69, 9.17) is 5.11 Å². The highest BCUT2D eigenvalue weighted by atomic mass is 16.4. The summed E-state index contributed by atoms with van der Waals surface area (Å²) < 4.78 is 0. The maximum Gasteiger partial charge on any atom is 0.306 e. The number of pyridine rings is 1. The van der Waals surface area contributed by atoms with Crippen LogP contribution in [0, 0.1) is 6.92 Å². The van der Waals surface area contributed by atoms with E-state index in [9.17, 15) is 15.0 Å². The first-order valence-electron chi connectivity index (χ1n) is 4.51. The number of hydrogen-bond donors (Lipinski definition) is 3. The maximum atomic E-state index is 10.3. The number of aliphatic hydroxyl groups excluding tert-OH is 2. The van der Waals surface area contributed by atoms with Gasteiger partial charge in [-0.05, 0) is 24.6 Å². The van der Waals surface area contributed by atoms with Crippen LogP contribution in [0.2, 0.25) is 0 Å². The second kappa shape index (κ2) is 4.86. The summed E-state index contributed by atoms with van der Waals surface area (Å²) in [4.78, 5) is 14.3. The topological polar surface area (TPSA) is 90.7 Å². The van der Waals surface area contributed by atoms with Crippen LogP contribution in [0.3, 0.4) is 0 Å². The van der Waals surface area contributed by atoms with Gasteiger partial charge in [0.05, 0.1) is 12.5 Å². The zero-order chi connectivity index (χ0) is 11.4. The highest BCUT2D eigenvalue weighted by Gasteiger charge is 2.21. The molecule has 0 radical (unpaired) electrons. The molecule has 0 amide bonds. The first kappa shape index (κ1) is 11.6. The maximum absolute atomic E-state index is 10.3. The van der Waals surface area contributed by atoms with Crippen LogP contribution in [-0.4, -0.2) is 32.4 Å². The fourth-order valence-electron chi connectivity index (χ4n) is 1.26. The minimum Gasteiger partial charge on any atom is -0.481 e. The molecule has 15 heavy (non-hydrogen) atoms. The van der Waals surface area contributed by atoms with Crippen LogP contribution in [0.4, 0.5) is 0 Å². The van der Waals surface area contributed by atoms with E-state index in [0.29, 0.717) is 11.3 Å². The predicted octanol–water partition coefficient (Wildman–Crippen LogP) is 0.259. The first-order valence-corrected chi connectivity index (χ1v) is 4.51. The molecule has 1 heterocycles. The number of rotatable bonds is 4. The molecule has 2 atom stereocenters. The number of nitrogens with zero attached hydrogens (tertiary/aromatic N) is 1. The highest BCUT2D eigenvalue weighted by Crippen LogP contribution is 2.18. The Morgan fingerprint density at radius 2 is 2.20 bits per heavy atom. The zero-order valence-electron chi connectivity index (χ0n) is 8.29. The Morgan fingerprint density at radius 3 is 2.73 bits per heavy atom. The van der Waals surface area contributed by atoms with Crippen molar-refractivity contribution >= 4 is 5.97 Å². The summed E-state index contributed by atoms with van der Waals surface area (Å²) in [6.07, 6.45) is -1.48. The summed E-state index contributed by atoms with van der Waals surface area (Å²) in [6.45, 7) is 1.75. The fourth-order valence-corrected chi connectivity index (χ4v) is 1.26. The summed E-state index contributed by atoms with van der Waals surface area (Å²) in [5, 5.41) is 27.5. The van der Waals surface area contributed by atoms with Crippen molar-refractivity contribution in [2.24, 2.45) is 0 Å². The number of carboxylic acid groups (broad SMARTS) is 1. The van der Waals surface area contributed by atoms with E-state index in [2.05, 4.69) is 4.98 Å². The quantitative estimate of drug-likeness (QED) is 0.664. The Balaban J connectivity index is 2.75. The third-order valence-corrected chi connectivity index (χ3v) is 2.01. The third kappa shape index (κ3) is 3.30. The lowest BCUT2D eigenvalue weighted by molar-refractivity contribution is -0.141. The SMILES string of the molecule is Cc1cc(C(O)C(O)CC(=O)O)ccn1. The Hall–Kier alpha value is -1.46. The summed E-state index contributed by atoms with van der Waals surface area (Å²) >= 11 is 0. The molecule has 0 aromatic carbocycles. The van der Waals surface area contributed by atoms with E-state index in [1.807, 2.05) is 0 Å². The van der Waals surface area contributed by atoms with Crippen LogP contribution in [0.15, 0.2) is 18.3 Å². The van der Waals surface area contributed by atoms with Crippen molar-refractivity contribution in [1.82, 2.24) is 4.98 Å². The number of aromatic nitrogens is 1. The average Bonchev–Trinajstić information content (AvgIpc) is 2.15. The number of aryl methyl sites for hydroxylation is 1. The van der Waals surface area contributed by atoms with Crippen LogP contribution < -0.4 is 0 Å². The molecule has 5 heteroatoms. The molecule has 3 N–H and O–H groups in total. The Kier molecular flexibility index (Phi) is 3.76. The van der Waals surface area contributed by atoms with Crippen LogP contribution in [0.1, 0.15) is 23.8 Å². The Morgan fingerprint density at radius 1 is 1.53 bits per heavy atom. The molecule has 0 aliphatic heterocycles. The number of aliphatic hydroxyl groups is 2. The molecule has 1 aromatic rings. The summed E-state index contributed by atoms with van der Waals surface area (Å²) in [6, 6.07) is 3.15. The van der Waals surface area contributed by atoms with Crippen LogP contribution in [-0.2, 0) is 4.79 Å². The number of carboxylic acids is 1. The third-order valence-electron chi connectivity index (χ3n) is 2.01. The molecular formula is C10H13NO4. The van der Waals surface area contributed by atoms with Gasteiger partial charge in [-0.1, -0.05) is 0 Å². The van der Waals surface area contributed by atoms with Crippen molar-refractivity contribution in [2.45, 2.75) is 25.6 Å². The van der Waals surface area contributed by atoms with E-state index < -0.39 is 24.6 Å². The Labute approximate surface area is 87.0 Å². The fraction of sp³-hybridized carbons (Fsp3) is 0.400. The van der Waals surface area contributed by atoms with Gasteiger partial charge in [0.2, 0.25) is 0 Å². The first-order chi connectivity index (χ1) is 7.00. The molecule has 2 unspecified atom stereocenters. The lowest BCUT2D eigenvalue weighted by Gasteiger charge is -2.16. The van der Waals surface area contributed by atoms with Gasteiger partial charge in [-0.2, -0.15) is 0 Å².